The van der Waals surface area contributed by atoms with Crippen LogP contribution in [0.15, 0.2) is 0 Å². The highest BCUT2D eigenvalue weighted by Gasteiger charge is 2.19. The van der Waals surface area contributed by atoms with Gasteiger partial charge in [-0.15, -0.1) is 0 Å². The van der Waals surface area contributed by atoms with Gasteiger partial charge in [-0.2, -0.15) is 0 Å². The molecule has 0 saturated heterocycles. The third kappa shape index (κ3) is 7.00. The molecule has 1 saturated carbocycles. The molecule has 1 aliphatic rings. The summed E-state index contributed by atoms with van der Waals surface area (Å²) < 4.78 is 0. The predicted octanol–water partition coefficient (Wildman–Crippen LogP) is 3.01. The van der Waals surface area contributed by atoms with Crippen LogP contribution in [0.4, 0.5) is 0 Å². The van der Waals surface area contributed by atoms with Gasteiger partial charge < -0.3 is 10.4 Å². The monoisotopic (exact) mass is 255 g/mol. The third-order valence-corrected chi connectivity index (χ3v) is 3.91. The fourth-order valence-corrected chi connectivity index (χ4v) is 2.58. The molecule has 0 bridgehead atoms. The Morgan fingerprint density at radius 2 is 1.78 bits per heavy atom. The quantitative estimate of drug-likeness (QED) is 0.655. The van der Waals surface area contributed by atoms with Gasteiger partial charge in [-0.1, -0.05) is 32.6 Å². The molecule has 0 aromatic rings. The topological polar surface area (TPSA) is 49.3 Å². The van der Waals surface area contributed by atoms with Crippen LogP contribution in [0.1, 0.15) is 71.1 Å². The second kappa shape index (κ2) is 9.37. The number of amides is 1. The highest BCUT2D eigenvalue weighted by Crippen LogP contribution is 2.23. The van der Waals surface area contributed by atoms with Gasteiger partial charge in [-0.3, -0.25) is 4.79 Å². The molecule has 1 fully saturated rings. The van der Waals surface area contributed by atoms with Gasteiger partial charge in [0.1, 0.15) is 0 Å². The van der Waals surface area contributed by atoms with E-state index in [1.165, 1.54) is 25.7 Å². The maximum Gasteiger partial charge on any atom is 0.220 e. The zero-order chi connectivity index (χ0) is 13.2. The van der Waals surface area contributed by atoms with E-state index in [-0.39, 0.29) is 12.0 Å². The number of aliphatic hydroxyl groups excluding tert-OH is 1. The largest absolute Gasteiger partial charge is 0.393 e. The van der Waals surface area contributed by atoms with Crippen molar-refractivity contribution in [3.63, 3.8) is 0 Å². The van der Waals surface area contributed by atoms with E-state index >= 15 is 0 Å². The van der Waals surface area contributed by atoms with Crippen molar-refractivity contribution < 1.29 is 9.90 Å². The van der Waals surface area contributed by atoms with E-state index in [2.05, 4.69) is 12.2 Å². The Morgan fingerprint density at radius 3 is 2.44 bits per heavy atom. The molecule has 1 aliphatic carbocycles. The van der Waals surface area contributed by atoms with Crippen LogP contribution in [-0.4, -0.2) is 23.7 Å². The van der Waals surface area contributed by atoms with Crippen molar-refractivity contribution in [2.75, 3.05) is 6.54 Å². The van der Waals surface area contributed by atoms with E-state index < -0.39 is 0 Å². The summed E-state index contributed by atoms with van der Waals surface area (Å²) in [7, 11) is 0. The van der Waals surface area contributed by atoms with Crippen LogP contribution in [0.25, 0.3) is 0 Å². The summed E-state index contributed by atoms with van der Waals surface area (Å²) in [4.78, 5) is 11.6. The Kier molecular flexibility index (Phi) is 8.06. The fourth-order valence-electron chi connectivity index (χ4n) is 2.58. The van der Waals surface area contributed by atoms with Crippen molar-refractivity contribution in [1.29, 1.82) is 0 Å². The number of carbonyl (C=O) groups is 1. The molecule has 0 aromatic carbocycles. The van der Waals surface area contributed by atoms with Crippen molar-refractivity contribution in [2.24, 2.45) is 5.92 Å². The third-order valence-electron chi connectivity index (χ3n) is 3.91. The minimum Gasteiger partial charge on any atom is -0.393 e. The van der Waals surface area contributed by atoms with Crippen LogP contribution in [0.2, 0.25) is 0 Å². The van der Waals surface area contributed by atoms with Gasteiger partial charge in [0.25, 0.3) is 0 Å². The van der Waals surface area contributed by atoms with Crippen LogP contribution >= 0.6 is 0 Å². The zero-order valence-corrected chi connectivity index (χ0v) is 11.8. The molecule has 0 spiro atoms. The zero-order valence-electron chi connectivity index (χ0n) is 11.8. The van der Waals surface area contributed by atoms with Crippen LogP contribution in [-0.2, 0) is 4.79 Å². The predicted molar refractivity (Wildman–Crippen MR) is 74.4 cm³/mol. The maximum atomic E-state index is 11.6. The first-order chi connectivity index (χ1) is 8.72. The lowest BCUT2D eigenvalue weighted by atomic mass is 9.87. The van der Waals surface area contributed by atoms with E-state index in [9.17, 15) is 9.90 Å². The lowest BCUT2D eigenvalue weighted by Crippen LogP contribution is -2.31. The summed E-state index contributed by atoms with van der Waals surface area (Å²) >= 11 is 0. The molecule has 3 heteroatoms. The van der Waals surface area contributed by atoms with Crippen molar-refractivity contribution in [3.05, 3.63) is 0 Å². The SMILES string of the molecule is CCCCCCCC(=O)NCC1CCC(O)CC1. The molecule has 0 radical (unpaired) electrons. The van der Waals surface area contributed by atoms with Crippen LogP contribution in [0, 0.1) is 5.92 Å². The minimum atomic E-state index is -0.101. The summed E-state index contributed by atoms with van der Waals surface area (Å²) in [5.74, 6) is 0.787. The molecule has 1 rings (SSSR count). The molecular formula is C15H29NO2. The first-order valence-corrected chi connectivity index (χ1v) is 7.67. The average molecular weight is 255 g/mol. The molecule has 18 heavy (non-hydrogen) atoms. The van der Waals surface area contributed by atoms with Gasteiger partial charge in [0.05, 0.1) is 6.10 Å². The molecule has 0 atom stereocenters. The number of aliphatic hydroxyl groups is 1. The average Bonchev–Trinajstić information content (AvgIpc) is 2.38. The lowest BCUT2D eigenvalue weighted by molar-refractivity contribution is -0.121. The highest BCUT2D eigenvalue weighted by molar-refractivity contribution is 5.75. The molecule has 0 unspecified atom stereocenters. The maximum absolute atomic E-state index is 11.6. The highest BCUT2D eigenvalue weighted by atomic mass is 16.3. The first kappa shape index (κ1) is 15.5. The Bertz CT molecular complexity index is 223. The van der Waals surface area contributed by atoms with Gasteiger partial charge >= 0.3 is 0 Å². The normalized spacial score (nSPS) is 23.9. The van der Waals surface area contributed by atoms with E-state index in [4.69, 9.17) is 0 Å². The molecule has 3 nitrogen and oxygen atoms in total. The first-order valence-electron chi connectivity index (χ1n) is 7.67. The van der Waals surface area contributed by atoms with Gasteiger partial charge in [0.2, 0.25) is 5.91 Å². The van der Waals surface area contributed by atoms with Gasteiger partial charge in [-0.05, 0) is 38.0 Å². The second-order valence-electron chi connectivity index (χ2n) is 5.64. The van der Waals surface area contributed by atoms with Crippen LogP contribution in [0.5, 0.6) is 0 Å². The summed E-state index contributed by atoms with van der Waals surface area (Å²) in [5.41, 5.74) is 0. The van der Waals surface area contributed by atoms with E-state index in [0.29, 0.717) is 12.3 Å². The number of nitrogens with one attached hydrogen (secondary N) is 1. The van der Waals surface area contributed by atoms with Gasteiger partial charge in [0, 0.05) is 13.0 Å². The minimum absolute atomic E-state index is 0.101. The summed E-state index contributed by atoms with van der Waals surface area (Å²) in [6.07, 6.45) is 10.5. The Hall–Kier alpha value is -0.570. The Morgan fingerprint density at radius 1 is 1.11 bits per heavy atom. The molecule has 0 aromatic heterocycles. The number of carbonyl (C=O) groups excluding carboxylic acids is 1. The van der Waals surface area contributed by atoms with Crippen LogP contribution < -0.4 is 5.32 Å². The molecule has 2 N–H and O–H groups in total. The number of unbranched alkanes of at least 4 members (excludes halogenated alkanes) is 4. The molecule has 0 aliphatic heterocycles. The number of hydrogen-bond donors (Lipinski definition) is 2. The van der Waals surface area contributed by atoms with Gasteiger partial charge in [-0.25, -0.2) is 0 Å². The summed E-state index contributed by atoms with van der Waals surface area (Å²) in [5, 5.41) is 12.4. The Labute approximate surface area is 111 Å². The van der Waals surface area contributed by atoms with Crippen molar-refractivity contribution >= 4 is 5.91 Å². The Balaban J connectivity index is 1.96. The lowest BCUT2D eigenvalue weighted by Gasteiger charge is -2.25. The summed E-state index contributed by atoms with van der Waals surface area (Å²) in [6.45, 7) is 3.01. The second-order valence-corrected chi connectivity index (χ2v) is 5.64. The number of hydrogen-bond acceptors (Lipinski definition) is 2. The van der Waals surface area contributed by atoms with E-state index in [0.717, 1.165) is 38.6 Å². The summed E-state index contributed by atoms with van der Waals surface area (Å²) in [6, 6.07) is 0. The molecule has 106 valence electrons. The molecule has 0 heterocycles. The van der Waals surface area contributed by atoms with E-state index in [1.54, 1.807) is 0 Å². The number of rotatable bonds is 8. The van der Waals surface area contributed by atoms with Crippen LogP contribution in [0.3, 0.4) is 0 Å². The molecule has 1 amide bonds. The van der Waals surface area contributed by atoms with Crippen molar-refractivity contribution in [3.8, 4) is 0 Å². The smallest absolute Gasteiger partial charge is 0.220 e. The standard InChI is InChI=1S/C15H29NO2/c1-2-3-4-5-6-7-15(18)16-12-13-8-10-14(17)11-9-13/h13-14,17H,2-12H2,1H3,(H,16,18). The molecular weight excluding hydrogens is 226 g/mol. The van der Waals surface area contributed by atoms with Crippen molar-refractivity contribution in [1.82, 2.24) is 5.32 Å². The van der Waals surface area contributed by atoms with Gasteiger partial charge in [0.15, 0.2) is 0 Å². The fraction of sp³-hybridized carbons (Fsp3) is 0.933. The van der Waals surface area contributed by atoms with E-state index in [1.807, 2.05) is 0 Å². The van der Waals surface area contributed by atoms with Crippen molar-refractivity contribution in [2.45, 2.75) is 77.2 Å².